The molecule has 1 aliphatic rings. The van der Waals surface area contributed by atoms with Crippen molar-refractivity contribution in [2.75, 3.05) is 0 Å². The molecule has 4 heteroatoms. The molecule has 0 unspecified atom stereocenters. The summed E-state index contributed by atoms with van der Waals surface area (Å²) in [6.07, 6.45) is 4.75. The van der Waals surface area contributed by atoms with E-state index in [0.717, 1.165) is 36.8 Å². The molecule has 94 valence electrons. The van der Waals surface area contributed by atoms with Crippen LogP contribution < -0.4 is 0 Å². The second-order valence-electron chi connectivity index (χ2n) is 5.01. The number of hydrogen-bond donors (Lipinski definition) is 1. The normalized spacial score (nSPS) is 22.2. The number of benzene rings is 1. The Morgan fingerprint density at radius 1 is 1.44 bits per heavy atom. The van der Waals surface area contributed by atoms with E-state index in [-0.39, 0.29) is 5.92 Å². The maximum Gasteiger partial charge on any atom is 0.306 e. The number of aliphatic carboxylic acids is 1. The minimum Gasteiger partial charge on any atom is -0.481 e. The van der Waals surface area contributed by atoms with Gasteiger partial charge in [-0.3, -0.25) is 4.79 Å². The van der Waals surface area contributed by atoms with E-state index < -0.39 is 5.97 Å². The van der Waals surface area contributed by atoms with Gasteiger partial charge in [-0.05, 0) is 37.3 Å². The lowest BCUT2D eigenvalue weighted by atomic mass is 10.2. The first-order chi connectivity index (χ1) is 8.75. The van der Waals surface area contributed by atoms with Crippen molar-refractivity contribution in [3.05, 3.63) is 30.6 Å². The van der Waals surface area contributed by atoms with E-state index >= 15 is 0 Å². The summed E-state index contributed by atoms with van der Waals surface area (Å²) in [4.78, 5) is 15.1. The number of carboxylic acids is 1. The topological polar surface area (TPSA) is 55.1 Å². The molecule has 1 N–H and O–H groups in total. The predicted octanol–water partition coefficient (Wildman–Crippen LogP) is 2.54. The molecule has 3 rings (SSSR count). The number of aromatic nitrogens is 2. The predicted molar refractivity (Wildman–Crippen MR) is 68.2 cm³/mol. The quantitative estimate of drug-likeness (QED) is 0.879. The summed E-state index contributed by atoms with van der Waals surface area (Å²) in [6, 6.07) is 8.08. The van der Waals surface area contributed by atoms with Crippen LogP contribution in [0.3, 0.4) is 0 Å². The van der Waals surface area contributed by atoms with Crippen molar-refractivity contribution >= 4 is 17.0 Å². The van der Waals surface area contributed by atoms with Gasteiger partial charge in [0, 0.05) is 6.54 Å². The maximum atomic E-state index is 10.7. The van der Waals surface area contributed by atoms with Crippen molar-refractivity contribution in [2.24, 2.45) is 11.8 Å². The van der Waals surface area contributed by atoms with Gasteiger partial charge in [0.1, 0.15) is 0 Å². The molecule has 1 heterocycles. The number of hydrogen-bond acceptors (Lipinski definition) is 2. The number of rotatable bonds is 5. The first-order valence-corrected chi connectivity index (χ1v) is 6.38. The minimum atomic E-state index is -0.631. The van der Waals surface area contributed by atoms with E-state index in [2.05, 4.69) is 15.6 Å². The van der Waals surface area contributed by atoms with E-state index in [1.807, 2.05) is 24.5 Å². The summed E-state index contributed by atoms with van der Waals surface area (Å²) in [5.74, 6) is -0.310. The molecule has 18 heavy (non-hydrogen) atoms. The monoisotopic (exact) mass is 244 g/mol. The molecule has 1 aromatic heterocycles. The highest BCUT2D eigenvalue weighted by Gasteiger charge is 2.42. The number of fused-ring (bicyclic) bond motifs is 1. The van der Waals surface area contributed by atoms with Gasteiger partial charge in [0.2, 0.25) is 0 Å². The zero-order chi connectivity index (χ0) is 12.5. The Labute approximate surface area is 105 Å². The zero-order valence-electron chi connectivity index (χ0n) is 10.1. The van der Waals surface area contributed by atoms with Crippen molar-refractivity contribution < 1.29 is 9.90 Å². The van der Waals surface area contributed by atoms with E-state index in [4.69, 9.17) is 5.11 Å². The van der Waals surface area contributed by atoms with Gasteiger partial charge < -0.3 is 9.67 Å². The second-order valence-corrected chi connectivity index (χ2v) is 5.01. The first-order valence-electron chi connectivity index (χ1n) is 6.38. The summed E-state index contributed by atoms with van der Waals surface area (Å²) in [7, 11) is 0. The third-order valence-electron chi connectivity index (χ3n) is 3.74. The van der Waals surface area contributed by atoms with Crippen molar-refractivity contribution in [3.8, 4) is 0 Å². The highest BCUT2D eigenvalue weighted by molar-refractivity contribution is 5.75. The van der Waals surface area contributed by atoms with Gasteiger partial charge in [-0.25, -0.2) is 4.98 Å². The molecule has 0 bridgehead atoms. The largest absolute Gasteiger partial charge is 0.481 e. The van der Waals surface area contributed by atoms with Crippen molar-refractivity contribution in [1.82, 2.24) is 9.55 Å². The van der Waals surface area contributed by atoms with Gasteiger partial charge in [0.15, 0.2) is 0 Å². The molecule has 1 aromatic carbocycles. The van der Waals surface area contributed by atoms with Crippen LogP contribution in [-0.2, 0) is 11.3 Å². The van der Waals surface area contributed by atoms with Crippen LogP contribution in [0, 0.1) is 11.8 Å². The minimum absolute atomic E-state index is 0.0791. The van der Waals surface area contributed by atoms with Crippen LogP contribution in [0.1, 0.15) is 19.3 Å². The van der Waals surface area contributed by atoms with Crippen LogP contribution >= 0.6 is 0 Å². The lowest BCUT2D eigenvalue weighted by Crippen LogP contribution is -2.01. The molecule has 0 aliphatic heterocycles. The second kappa shape index (κ2) is 4.44. The zero-order valence-corrected chi connectivity index (χ0v) is 10.1. The highest BCUT2D eigenvalue weighted by Crippen LogP contribution is 2.42. The Bertz CT molecular complexity index is 576. The average molecular weight is 244 g/mol. The number of carbonyl (C=O) groups is 1. The smallest absolute Gasteiger partial charge is 0.306 e. The van der Waals surface area contributed by atoms with Crippen LogP contribution in [0.15, 0.2) is 30.6 Å². The van der Waals surface area contributed by atoms with E-state index in [1.54, 1.807) is 0 Å². The number of carboxylic acid groups (broad SMARTS) is 1. The number of imidazole rings is 1. The van der Waals surface area contributed by atoms with Gasteiger partial charge in [-0.2, -0.15) is 0 Å². The number of nitrogens with zero attached hydrogens (tertiary/aromatic N) is 2. The molecule has 4 nitrogen and oxygen atoms in total. The lowest BCUT2D eigenvalue weighted by molar-refractivity contribution is -0.138. The molecule has 0 radical (unpaired) electrons. The van der Waals surface area contributed by atoms with E-state index in [9.17, 15) is 4.79 Å². The van der Waals surface area contributed by atoms with Crippen LogP contribution in [0.2, 0.25) is 0 Å². The molecular weight excluding hydrogens is 228 g/mol. The van der Waals surface area contributed by atoms with Crippen LogP contribution in [-0.4, -0.2) is 20.6 Å². The van der Waals surface area contributed by atoms with Gasteiger partial charge in [-0.1, -0.05) is 12.1 Å². The fraction of sp³-hybridized carbons (Fsp3) is 0.429. The summed E-state index contributed by atoms with van der Waals surface area (Å²) < 4.78 is 2.15. The molecule has 2 atom stereocenters. The molecule has 0 spiro atoms. The Morgan fingerprint density at radius 2 is 2.28 bits per heavy atom. The van der Waals surface area contributed by atoms with Crippen molar-refractivity contribution in [2.45, 2.75) is 25.8 Å². The van der Waals surface area contributed by atoms with Crippen molar-refractivity contribution in [3.63, 3.8) is 0 Å². The van der Waals surface area contributed by atoms with Gasteiger partial charge >= 0.3 is 5.97 Å². The van der Waals surface area contributed by atoms with Crippen LogP contribution in [0.25, 0.3) is 11.0 Å². The molecule has 0 saturated heterocycles. The first kappa shape index (κ1) is 11.3. The van der Waals surface area contributed by atoms with Gasteiger partial charge in [0.25, 0.3) is 0 Å². The van der Waals surface area contributed by atoms with Gasteiger partial charge in [0.05, 0.1) is 23.3 Å². The summed E-state index contributed by atoms with van der Waals surface area (Å²) in [6.45, 7) is 0.920. The standard InChI is InChI=1S/C14H16N2O2/c17-14(18)11-8-10(11)4-3-7-16-9-15-12-5-1-2-6-13(12)16/h1-2,5-6,9-11H,3-4,7-8H2,(H,17,18)/t10-,11+/m1/s1. The molecule has 1 aliphatic carbocycles. The third-order valence-corrected chi connectivity index (χ3v) is 3.74. The van der Waals surface area contributed by atoms with E-state index in [0.29, 0.717) is 5.92 Å². The maximum absolute atomic E-state index is 10.7. The summed E-state index contributed by atoms with van der Waals surface area (Å²) in [5, 5.41) is 8.83. The Balaban J connectivity index is 1.56. The third kappa shape index (κ3) is 2.10. The SMILES string of the molecule is O=C(O)[C@H]1C[C@H]1CCCn1cnc2ccccc21. The molecule has 1 fully saturated rings. The molecule has 2 aromatic rings. The van der Waals surface area contributed by atoms with Crippen LogP contribution in [0.5, 0.6) is 0 Å². The van der Waals surface area contributed by atoms with Crippen LogP contribution in [0.4, 0.5) is 0 Å². The molecular formula is C14H16N2O2. The highest BCUT2D eigenvalue weighted by atomic mass is 16.4. The summed E-state index contributed by atoms with van der Waals surface area (Å²) >= 11 is 0. The van der Waals surface area contributed by atoms with E-state index in [1.165, 1.54) is 0 Å². The Morgan fingerprint density at radius 3 is 3.06 bits per heavy atom. The fourth-order valence-electron chi connectivity index (χ4n) is 2.58. The molecule has 1 saturated carbocycles. The van der Waals surface area contributed by atoms with Gasteiger partial charge in [-0.15, -0.1) is 0 Å². The Kier molecular flexibility index (Phi) is 2.78. The lowest BCUT2D eigenvalue weighted by Gasteiger charge is -2.03. The average Bonchev–Trinajstić information content (AvgIpc) is 3.03. The number of aryl methyl sites for hydroxylation is 1. The Hall–Kier alpha value is -1.84. The fourth-order valence-corrected chi connectivity index (χ4v) is 2.58. The summed E-state index contributed by atoms with van der Waals surface area (Å²) in [5.41, 5.74) is 2.18. The van der Waals surface area contributed by atoms with Crippen molar-refractivity contribution in [1.29, 1.82) is 0 Å². The molecule has 0 amide bonds. The number of para-hydroxylation sites is 2.